The summed E-state index contributed by atoms with van der Waals surface area (Å²) >= 11 is 1.41. The lowest BCUT2D eigenvalue weighted by Gasteiger charge is -2.28. The number of halogens is 2. The monoisotopic (exact) mass is 482 g/mol. The number of benzene rings is 1. The predicted molar refractivity (Wildman–Crippen MR) is 127 cm³/mol. The Labute approximate surface area is 199 Å². The first kappa shape index (κ1) is 22.6. The van der Waals surface area contributed by atoms with Gasteiger partial charge in [-0.25, -0.2) is 13.8 Å². The molecule has 176 valence electrons. The Morgan fingerprint density at radius 1 is 1.21 bits per heavy atom. The Balaban J connectivity index is 1.46. The van der Waals surface area contributed by atoms with Crippen molar-refractivity contribution in [3.63, 3.8) is 0 Å². The summed E-state index contributed by atoms with van der Waals surface area (Å²) in [5.41, 5.74) is 2.37. The molecule has 0 bridgehead atoms. The van der Waals surface area contributed by atoms with Crippen LogP contribution in [0.15, 0.2) is 42.0 Å². The van der Waals surface area contributed by atoms with Crippen molar-refractivity contribution < 1.29 is 18.7 Å². The van der Waals surface area contributed by atoms with Gasteiger partial charge in [-0.2, -0.15) is 5.10 Å². The van der Waals surface area contributed by atoms with Gasteiger partial charge in [0.15, 0.2) is 0 Å². The van der Waals surface area contributed by atoms with Crippen molar-refractivity contribution in [2.45, 2.75) is 44.2 Å². The summed E-state index contributed by atoms with van der Waals surface area (Å²) in [6, 6.07) is 5.67. The molecule has 1 amide bonds. The van der Waals surface area contributed by atoms with Crippen LogP contribution >= 0.6 is 11.3 Å². The molecule has 5 rings (SSSR count). The molecule has 1 aromatic carbocycles. The zero-order valence-electron chi connectivity index (χ0n) is 18.6. The minimum absolute atomic E-state index is 0.0170. The molecule has 34 heavy (non-hydrogen) atoms. The van der Waals surface area contributed by atoms with Crippen LogP contribution in [0.4, 0.5) is 8.78 Å². The van der Waals surface area contributed by atoms with Crippen molar-refractivity contribution in [1.82, 2.24) is 20.1 Å². The van der Waals surface area contributed by atoms with Crippen molar-refractivity contribution in [3.05, 3.63) is 70.5 Å². The lowest BCUT2D eigenvalue weighted by molar-refractivity contribution is 0.0714. The van der Waals surface area contributed by atoms with Crippen molar-refractivity contribution in [2.24, 2.45) is 7.05 Å². The zero-order valence-corrected chi connectivity index (χ0v) is 19.4. The summed E-state index contributed by atoms with van der Waals surface area (Å²) in [5, 5.41) is 19.0. The molecule has 1 aliphatic rings. The number of nitrogens with zero attached hydrogens (tertiary/aromatic N) is 3. The number of carbonyl (C=O) groups excluding carboxylic acids is 1. The van der Waals surface area contributed by atoms with Crippen LogP contribution in [0.5, 0.6) is 0 Å². The van der Waals surface area contributed by atoms with E-state index < -0.39 is 23.6 Å². The molecule has 4 aromatic rings. The highest BCUT2D eigenvalue weighted by atomic mass is 32.1. The SMILES string of the molecule is Cn1cc(-c2cc(F)c(Cc3cc(C(=O)N[C@H]4CCCC[C@@H]4O)nc4ccsc34)c(F)c2)cn1. The minimum Gasteiger partial charge on any atom is -0.391 e. The normalized spacial score (nSPS) is 18.4. The van der Waals surface area contributed by atoms with E-state index in [9.17, 15) is 9.90 Å². The molecule has 9 heteroatoms. The van der Waals surface area contributed by atoms with Gasteiger partial charge in [-0.15, -0.1) is 11.3 Å². The molecule has 3 heterocycles. The van der Waals surface area contributed by atoms with Crippen LogP contribution in [-0.2, 0) is 13.5 Å². The Morgan fingerprint density at radius 2 is 1.97 bits per heavy atom. The number of hydrogen-bond donors (Lipinski definition) is 2. The van der Waals surface area contributed by atoms with Crippen LogP contribution in [0, 0.1) is 11.6 Å². The van der Waals surface area contributed by atoms with Gasteiger partial charge >= 0.3 is 0 Å². The molecule has 2 atom stereocenters. The average molecular weight is 483 g/mol. The van der Waals surface area contributed by atoms with Gasteiger partial charge in [-0.3, -0.25) is 9.48 Å². The van der Waals surface area contributed by atoms with E-state index in [0.29, 0.717) is 35.0 Å². The van der Waals surface area contributed by atoms with Crippen LogP contribution in [-0.4, -0.2) is 37.9 Å². The molecule has 1 saturated carbocycles. The summed E-state index contributed by atoms with van der Waals surface area (Å²) < 4.78 is 32.4. The van der Waals surface area contributed by atoms with Crippen LogP contribution < -0.4 is 5.32 Å². The highest BCUT2D eigenvalue weighted by Gasteiger charge is 2.26. The second-order valence-electron chi connectivity index (χ2n) is 8.73. The van der Waals surface area contributed by atoms with Crippen LogP contribution in [0.1, 0.15) is 47.3 Å². The van der Waals surface area contributed by atoms with Crippen molar-refractivity contribution in [3.8, 4) is 11.1 Å². The molecule has 3 aromatic heterocycles. The second-order valence-corrected chi connectivity index (χ2v) is 9.65. The fourth-order valence-electron chi connectivity index (χ4n) is 4.49. The first-order chi connectivity index (χ1) is 16.4. The summed E-state index contributed by atoms with van der Waals surface area (Å²) in [7, 11) is 1.74. The van der Waals surface area contributed by atoms with E-state index in [0.717, 1.165) is 17.5 Å². The van der Waals surface area contributed by atoms with Gasteiger partial charge in [-0.05, 0) is 53.6 Å². The number of aryl methyl sites for hydroxylation is 1. The summed E-state index contributed by atoms with van der Waals surface area (Å²) in [4.78, 5) is 17.4. The quantitative estimate of drug-likeness (QED) is 0.436. The summed E-state index contributed by atoms with van der Waals surface area (Å²) in [6.07, 6.45) is 5.90. The maximum absolute atomic E-state index is 15.0. The third-order valence-corrected chi connectivity index (χ3v) is 7.29. The highest BCUT2D eigenvalue weighted by Crippen LogP contribution is 2.30. The second kappa shape index (κ2) is 9.23. The predicted octanol–water partition coefficient (Wildman–Crippen LogP) is 4.60. The number of aromatic nitrogens is 3. The number of thiophene rings is 1. The summed E-state index contributed by atoms with van der Waals surface area (Å²) in [6.45, 7) is 0. The molecule has 1 aliphatic carbocycles. The fourth-order valence-corrected chi connectivity index (χ4v) is 5.34. The number of amides is 1. The van der Waals surface area contributed by atoms with Crippen LogP contribution in [0.3, 0.4) is 0 Å². The molecule has 0 aliphatic heterocycles. The molecular weight excluding hydrogens is 458 g/mol. The largest absolute Gasteiger partial charge is 0.391 e. The van der Waals surface area contributed by atoms with Crippen molar-refractivity contribution in [2.75, 3.05) is 0 Å². The van der Waals surface area contributed by atoms with Crippen molar-refractivity contribution >= 4 is 27.5 Å². The maximum Gasteiger partial charge on any atom is 0.270 e. The van der Waals surface area contributed by atoms with E-state index in [1.165, 1.54) is 23.5 Å². The molecule has 0 saturated heterocycles. The van der Waals surface area contributed by atoms with E-state index in [-0.39, 0.29) is 23.7 Å². The zero-order chi connectivity index (χ0) is 23.8. The van der Waals surface area contributed by atoms with E-state index in [4.69, 9.17) is 0 Å². The first-order valence-corrected chi connectivity index (χ1v) is 12.1. The van der Waals surface area contributed by atoms with Gasteiger partial charge in [0.25, 0.3) is 5.91 Å². The third kappa shape index (κ3) is 4.45. The number of hydrogen-bond acceptors (Lipinski definition) is 5. The first-order valence-electron chi connectivity index (χ1n) is 11.2. The molecule has 2 N–H and O–H groups in total. The average Bonchev–Trinajstić information content (AvgIpc) is 3.46. The lowest BCUT2D eigenvalue weighted by Crippen LogP contribution is -2.45. The number of nitrogens with one attached hydrogen (secondary N) is 1. The van der Waals surface area contributed by atoms with E-state index in [1.54, 1.807) is 36.3 Å². The Bertz CT molecular complexity index is 1340. The standard InChI is InChI=1S/C25H24F2N4O2S/c1-31-13-16(12-28-31)14-9-18(26)17(19(27)10-14)8-15-11-22(29-21-6-7-34-24(15)21)25(33)30-20-4-2-3-5-23(20)32/h6-7,9-13,20,23,32H,2-5,8H2,1H3,(H,30,33)/t20-,23-/m0/s1. The maximum atomic E-state index is 15.0. The number of aliphatic hydroxyl groups excluding tert-OH is 1. The van der Waals surface area contributed by atoms with Gasteiger partial charge < -0.3 is 10.4 Å². The van der Waals surface area contributed by atoms with E-state index in [1.807, 2.05) is 5.38 Å². The van der Waals surface area contributed by atoms with Crippen LogP contribution in [0.25, 0.3) is 21.3 Å². The van der Waals surface area contributed by atoms with E-state index in [2.05, 4.69) is 15.4 Å². The molecule has 0 radical (unpaired) electrons. The Morgan fingerprint density at radius 3 is 2.68 bits per heavy atom. The van der Waals surface area contributed by atoms with E-state index >= 15 is 8.78 Å². The number of fused-ring (bicyclic) bond motifs is 1. The topological polar surface area (TPSA) is 80.0 Å². The number of carbonyl (C=O) groups is 1. The van der Waals surface area contributed by atoms with Gasteiger partial charge in [0, 0.05) is 30.8 Å². The smallest absolute Gasteiger partial charge is 0.270 e. The minimum atomic E-state index is -0.656. The molecule has 6 nitrogen and oxygen atoms in total. The third-order valence-electron chi connectivity index (χ3n) is 6.31. The number of pyridine rings is 1. The molecular formula is C25H24F2N4O2S. The Hall–Kier alpha value is -3.17. The molecule has 0 unspecified atom stereocenters. The summed E-state index contributed by atoms with van der Waals surface area (Å²) in [5.74, 6) is -1.71. The van der Waals surface area contributed by atoms with Gasteiger partial charge in [0.2, 0.25) is 0 Å². The Kier molecular flexibility index (Phi) is 6.14. The van der Waals surface area contributed by atoms with Gasteiger partial charge in [0.05, 0.1) is 28.6 Å². The lowest BCUT2D eigenvalue weighted by atomic mass is 9.92. The van der Waals surface area contributed by atoms with Gasteiger partial charge in [-0.1, -0.05) is 12.8 Å². The molecule has 1 fully saturated rings. The van der Waals surface area contributed by atoms with Crippen LogP contribution in [0.2, 0.25) is 0 Å². The number of rotatable bonds is 5. The fraction of sp³-hybridized carbons (Fsp3) is 0.320. The van der Waals surface area contributed by atoms with Gasteiger partial charge in [0.1, 0.15) is 17.3 Å². The van der Waals surface area contributed by atoms with Crippen molar-refractivity contribution in [1.29, 1.82) is 0 Å². The highest BCUT2D eigenvalue weighted by molar-refractivity contribution is 7.17. The number of aliphatic hydroxyl groups is 1. The molecule has 0 spiro atoms.